The summed E-state index contributed by atoms with van der Waals surface area (Å²) >= 11 is 17.9. The maximum absolute atomic E-state index is 12.9. The van der Waals surface area contributed by atoms with Crippen molar-refractivity contribution in [1.82, 2.24) is 4.90 Å². The molecule has 2 aliphatic rings. The molecule has 0 bridgehead atoms. The van der Waals surface area contributed by atoms with E-state index in [2.05, 4.69) is 0 Å². The van der Waals surface area contributed by atoms with Gasteiger partial charge in [0.05, 0.1) is 26.6 Å². The third-order valence-electron chi connectivity index (χ3n) is 4.93. The Kier molecular flexibility index (Phi) is 6.27. The zero-order valence-electron chi connectivity index (χ0n) is 14.1. The van der Waals surface area contributed by atoms with Crippen molar-refractivity contribution in [1.29, 1.82) is 0 Å². The van der Waals surface area contributed by atoms with Crippen LogP contribution in [0.2, 0.25) is 15.1 Å². The van der Waals surface area contributed by atoms with E-state index in [1.807, 2.05) is 0 Å². The predicted molar refractivity (Wildman–Crippen MR) is 103 cm³/mol. The Labute approximate surface area is 168 Å². The van der Waals surface area contributed by atoms with Crippen molar-refractivity contribution >= 4 is 50.5 Å². The molecule has 5 nitrogen and oxygen atoms in total. The van der Waals surface area contributed by atoms with E-state index in [1.54, 1.807) is 4.90 Å². The molecule has 2 fully saturated rings. The average molecular weight is 441 g/mol. The third kappa shape index (κ3) is 4.58. The van der Waals surface area contributed by atoms with E-state index in [0.29, 0.717) is 11.4 Å². The molecule has 0 spiro atoms. The summed E-state index contributed by atoms with van der Waals surface area (Å²) in [6.07, 6.45) is 4.38. The number of carbonyl (C=O) groups is 1. The molecule has 0 radical (unpaired) electrons. The topological polar surface area (TPSA) is 63.7 Å². The second-order valence-corrected chi connectivity index (χ2v) is 10.2. The lowest BCUT2D eigenvalue weighted by Gasteiger charge is -2.34. The van der Waals surface area contributed by atoms with E-state index in [0.717, 1.165) is 25.7 Å². The van der Waals surface area contributed by atoms with Crippen LogP contribution >= 0.6 is 34.8 Å². The Hall–Kier alpha value is -0.690. The molecule has 1 aromatic rings. The van der Waals surface area contributed by atoms with Crippen LogP contribution in [-0.2, 0) is 14.6 Å². The van der Waals surface area contributed by atoms with Crippen LogP contribution in [0.3, 0.4) is 0 Å². The first-order chi connectivity index (χ1) is 12.3. The van der Waals surface area contributed by atoms with Crippen molar-refractivity contribution in [2.75, 3.05) is 18.1 Å². The zero-order chi connectivity index (χ0) is 18.9. The SMILES string of the molecule is O=C(COc1cc(Cl)c(Cl)cc1Cl)N(C1CCCC1)C1CCS(=O)(=O)C1. The molecule has 0 aromatic heterocycles. The molecule has 26 heavy (non-hydrogen) atoms. The van der Waals surface area contributed by atoms with Gasteiger partial charge in [0.2, 0.25) is 0 Å². The number of hydrogen-bond acceptors (Lipinski definition) is 4. The fourth-order valence-corrected chi connectivity index (χ4v) is 6.01. The fourth-order valence-electron chi connectivity index (χ4n) is 3.71. The number of carbonyl (C=O) groups excluding carboxylic acids is 1. The number of benzene rings is 1. The van der Waals surface area contributed by atoms with Gasteiger partial charge in [-0.05, 0) is 25.3 Å². The van der Waals surface area contributed by atoms with E-state index < -0.39 is 9.84 Å². The Morgan fingerprint density at radius 1 is 1.04 bits per heavy atom. The van der Waals surface area contributed by atoms with Gasteiger partial charge in [0.15, 0.2) is 16.4 Å². The molecule has 1 aliphatic heterocycles. The summed E-state index contributed by atoms with van der Waals surface area (Å²) in [5.74, 6) is 0.220. The average Bonchev–Trinajstić information content (AvgIpc) is 3.20. The van der Waals surface area contributed by atoms with E-state index in [-0.39, 0.29) is 51.9 Å². The molecule has 1 heterocycles. The monoisotopic (exact) mass is 439 g/mol. The smallest absolute Gasteiger partial charge is 0.261 e. The lowest BCUT2D eigenvalue weighted by Crippen LogP contribution is -2.48. The zero-order valence-corrected chi connectivity index (χ0v) is 17.2. The molecule has 1 atom stereocenters. The quantitative estimate of drug-likeness (QED) is 0.650. The predicted octanol–water partition coefficient (Wildman–Crippen LogP) is 3.98. The van der Waals surface area contributed by atoms with Gasteiger partial charge in [-0.3, -0.25) is 4.79 Å². The highest BCUT2D eigenvalue weighted by Gasteiger charge is 2.39. The number of nitrogens with zero attached hydrogens (tertiary/aromatic N) is 1. The molecule has 1 saturated carbocycles. The van der Waals surface area contributed by atoms with Crippen LogP contribution in [0, 0.1) is 0 Å². The van der Waals surface area contributed by atoms with Gasteiger partial charge < -0.3 is 9.64 Å². The molecule has 1 saturated heterocycles. The Bertz CT molecular complexity index is 793. The molecule has 1 aromatic carbocycles. The minimum atomic E-state index is -3.08. The first-order valence-electron chi connectivity index (χ1n) is 8.56. The van der Waals surface area contributed by atoms with Gasteiger partial charge in [-0.2, -0.15) is 0 Å². The molecule has 1 aliphatic carbocycles. The first kappa shape index (κ1) is 20.1. The van der Waals surface area contributed by atoms with Crippen LogP contribution in [0.25, 0.3) is 0 Å². The van der Waals surface area contributed by atoms with E-state index in [4.69, 9.17) is 39.5 Å². The maximum Gasteiger partial charge on any atom is 0.261 e. The second-order valence-electron chi connectivity index (χ2n) is 6.78. The Morgan fingerprint density at radius 3 is 2.31 bits per heavy atom. The molecule has 3 rings (SSSR count). The number of halogens is 3. The molecular weight excluding hydrogens is 421 g/mol. The van der Waals surface area contributed by atoms with Crippen molar-refractivity contribution in [3.05, 3.63) is 27.2 Å². The summed E-state index contributed by atoms with van der Waals surface area (Å²) in [5.41, 5.74) is 0. The Morgan fingerprint density at radius 2 is 1.69 bits per heavy atom. The standard InChI is InChI=1S/C17H20Cl3NO4S/c18-13-7-15(20)16(8-14(13)19)25-9-17(22)21(11-3-1-2-4-11)12-5-6-26(23,24)10-12/h7-8,11-12H,1-6,9-10H2. The third-order valence-corrected chi connectivity index (χ3v) is 7.70. The van der Waals surface area contributed by atoms with Gasteiger partial charge in [-0.1, -0.05) is 47.6 Å². The maximum atomic E-state index is 12.9. The van der Waals surface area contributed by atoms with Crippen molar-refractivity contribution in [2.45, 2.75) is 44.2 Å². The van der Waals surface area contributed by atoms with Crippen LogP contribution in [0.4, 0.5) is 0 Å². The second kappa shape index (κ2) is 8.13. The molecular formula is C17H20Cl3NO4S. The summed E-state index contributed by atoms with van der Waals surface area (Å²) in [7, 11) is -3.08. The van der Waals surface area contributed by atoms with Crippen LogP contribution < -0.4 is 4.74 Å². The Balaban J connectivity index is 1.72. The van der Waals surface area contributed by atoms with Gasteiger partial charge in [-0.25, -0.2) is 8.42 Å². The van der Waals surface area contributed by atoms with Crippen molar-refractivity contribution in [2.24, 2.45) is 0 Å². The van der Waals surface area contributed by atoms with Crippen LogP contribution in [0.1, 0.15) is 32.1 Å². The molecule has 0 N–H and O–H groups in total. The molecule has 144 valence electrons. The summed E-state index contributed by atoms with van der Waals surface area (Å²) in [6, 6.07) is 2.74. The van der Waals surface area contributed by atoms with E-state index in [1.165, 1.54) is 12.1 Å². The van der Waals surface area contributed by atoms with Crippen LogP contribution in [0.5, 0.6) is 5.75 Å². The molecule has 1 unspecified atom stereocenters. The molecule has 1 amide bonds. The highest BCUT2D eigenvalue weighted by molar-refractivity contribution is 7.91. The van der Waals surface area contributed by atoms with Crippen molar-refractivity contribution < 1.29 is 17.9 Å². The first-order valence-corrected chi connectivity index (χ1v) is 11.5. The lowest BCUT2D eigenvalue weighted by atomic mass is 10.1. The van der Waals surface area contributed by atoms with Crippen LogP contribution in [0.15, 0.2) is 12.1 Å². The largest absolute Gasteiger partial charge is 0.482 e. The van der Waals surface area contributed by atoms with Gasteiger partial charge >= 0.3 is 0 Å². The number of ether oxygens (including phenoxy) is 1. The van der Waals surface area contributed by atoms with E-state index in [9.17, 15) is 13.2 Å². The van der Waals surface area contributed by atoms with Crippen molar-refractivity contribution in [3.63, 3.8) is 0 Å². The van der Waals surface area contributed by atoms with Gasteiger partial charge in [0.1, 0.15) is 5.75 Å². The minimum Gasteiger partial charge on any atom is -0.482 e. The molecule has 9 heteroatoms. The van der Waals surface area contributed by atoms with Crippen molar-refractivity contribution in [3.8, 4) is 5.75 Å². The highest BCUT2D eigenvalue weighted by Crippen LogP contribution is 2.34. The van der Waals surface area contributed by atoms with Gasteiger partial charge in [-0.15, -0.1) is 0 Å². The van der Waals surface area contributed by atoms with Gasteiger partial charge in [0, 0.05) is 18.2 Å². The lowest BCUT2D eigenvalue weighted by molar-refractivity contribution is -0.137. The normalized spacial score (nSPS) is 22.5. The van der Waals surface area contributed by atoms with Crippen LogP contribution in [-0.4, -0.2) is 49.4 Å². The summed E-state index contributed by atoms with van der Waals surface area (Å²) in [4.78, 5) is 14.6. The number of sulfone groups is 1. The number of rotatable bonds is 5. The highest BCUT2D eigenvalue weighted by atomic mass is 35.5. The summed E-state index contributed by atoms with van der Waals surface area (Å²) in [6.45, 7) is -0.218. The number of amides is 1. The number of hydrogen-bond donors (Lipinski definition) is 0. The summed E-state index contributed by atoms with van der Waals surface area (Å²) < 4.78 is 29.3. The van der Waals surface area contributed by atoms with E-state index >= 15 is 0 Å². The minimum absolute atomic E-state index is 0.0305. The van der Waals surface area contributed by atoms with Gasteiger partial charge in [0.25, 0.3) is 5.91 Å². The fraction of sp³-hybridized carbons (Fsp3) is 0.588. The summed E-state index contributed by atoms with van der Waals surface area (Å²) in [5, 5.41) is 0.857.